The lowest BCUT2D eigenvalue weighted by atomic mass is 9.52. The Morgan fingerprint density at radius 1 is 1.13 bits per heavy atom. The summed E-state index contributed by atoms with van der Waals surface area (Å²) in [5.74, 6) is 0. The average molecular weight is 204 g/mol. The minimum Gasteiger partial charge on any atom is -0.395 e. The van der Waals surface area contributed by atoms with Gasteiger partial charge in [0.2, 0.25) is 0 Å². The molecule has 2 rings (SSSR count). The highest BCUT2D eigenvalue weighted by molar-refractivity contribution is 5.32. The van der Waals surface area contributed by atoms with Crippen molar-refractivity contribution in [3.63, 3.8) is 0 Å². The van der Waals surface area contributed by atoms with E-state index >= 15 is 0 Å². The van der Waals surface area contributed by atoms with Gasteiger partial charge in [-0.2, -0.15) is 0 Å². The fourth-order valence-corrected chi connectivity index (χ4v) is 3.09. The second kappa shape index (κ2) is 3.34. The molecule has 0 atom stereocenters. The quantitative estimate of drug-likeness (QED) is 0.785. The van der Waals surface area contributed by atoms with Crippen LogP contribution in [0.2, 0.25) is 0 Å². The standard InChI is InChI=1S/C14H20O/c1-11-4-6-12(7-5-11)14(10-15)8-13(2,3)9-14/h4-7,15H,8-10H2,1-3H3. The van der Waals surface area contributed by atoms with Gasteiger partial charge in [-0.1, -0.05) is 43.7 Å². The number of aryl methyl sites for hydroxylation is 1. The maximum Gasteiger partial charge on any atom is 0.0528 e. The molecule has 1 aliphatic rings. The van der Waals surface area contributed by atoms with Gasteiger partial charge in [-0.3, -0.25) is 0 Å². The smallest absolute Gasteiger partial charge is 0.0528 e. The highest BCUT2D eigenvalue weighted by atomic mass is 16.3. The summed E-state index contributed by atoms with van der Waals surface area (Å²) in [6.07, 6.45) is 2.19. The average Bonchev–Trinajstić information content (AvgIpc) is 2.14. The number of aliphatic hydroxyl groups is 1. The molecule has 0 unspecified atom stereocenters. The van der Waals surface area contributed by atoms with Crippen molar-refractivity contribution in [2.45, 2.75) is 39.0 Å². The van der Waals surface area contributed by atoms with Gasteiger partial charge in [0.05, 0.1) is 6.61 Å². The van der Waals surface area contributed by atoms with E-state index in [1.807, 2.05) is 0 Å². The normalized spacial score (nSPS) is 22.1. The van der Waals surface area contributed by atoms with Crippen molar-refractivity contribution in [3.8, 4) is 0 Å². The largest absolute Gasteiger partial charge is 0.395 e. The number of hydrogen-bond donors (Lipinski definition) is 1. The summed E-state index contributed by atoms with van der Waals surface area (Å²) in [4.78, 5) is 0. The highest BCUT2D eigenvalue weighted by Gasteiger charge is 2.49. The van der Waals surface area contributed by atoms with Crippen LogP contribution in [-0.2, 0) is 5.41 Å². The van der Waals surface area contributed by atoms with Crippen molar-refractivity contribution in [2.24, 2.45) is 5.41 Å². The van der Waals surface area contributed by atoms with Gasteiger partial charge in [-0.25, -0.2) is 0 Å². The van der Waals surface area contributed by atoms with Crippen LogP contribution in [0.1, 0.15) is 37.8 Å². The van der Waals surface area contributed by atoms with Gasteiger partial charge in [0, 0.05) is 5.41 Å². The molecule has 82 valence electrons. The van der Waals surface area contributed by atoms with Crippen LogP contribution in [0.25, 0.3) is 0 Å². The third-order valence-corrected chi connectivity index (χ3v) is 3.60. The molecule has 0 spiro atoms. The van der Waals surface area contributed by atoms with Crippen molar-refractivity contribution < 1.29 is 5.11 Å². The molecule has 1 saturated carbocycles. The Hall–Kier alpha value is -0.820. The molecular formula is C14H20O. The maximum atomic E-state index is 9.59. The molecule has 1 heteroatoms. The second-order valence-electron chi connectivity index (χ2n) is 5.82. The van der Waals surface area contributed by atoms with E-state index in [2.05, 4.69) is 45.0 Å². The molecule has 1 aromatic carbocycles. The third-order valence-electron chi connectivity index (χ3n) is 3.60. The molecule has 15 heavy (non-hydrogen) atoms. The third kappa shape index (κ3) is 1.81. The van der Waals surface area contributed by atoms with E-state index in [4.69, 9.17) is 0 Å². The first-order valence-electron chi connectivity index (χ1n) is 5.66. The Balaban J connectivity index is 2.25. The van der Waals surface area contributed by atoms with Crippen LogP contribution in [0.15, 0.2) is 24.3 Å². The summed E-state index contributed by atoms with van der Waals surface area (Å²) in [5.41, 5.74) is 3.02. The van der Waals surface area contributed by atoms with Crippen LogP contribution in [0.3, 0.4) is 0 Å². The van der Waals surface area contributed by atoms with Gasteiger partial charge in [-0.15, -0.1) is 0 Å². The molecule has 0 amide bonds. The van der Waals surface area contributed by atoms with E-state index in [0.29, 0.717) is 5.41 Å². The Bertz CT molecular complexity index is 340. The van der Waals surface area contributed by atoms with Gasteiger partial charge in [-0.05, 0) is 30.7 Å². The predicted octanol–water partition coefficient (Wildman–Crippen LogP) is 3.05. The lowest BCUT2D eigenvalue weighted by Crippen LogP contribution is -2.49. The fraction of sp³-hybridized carbons (Fsp3) is 0.571. The lowest BCUT2D eigenvalue weighted by Gasteiger charge is -2.53. The van der Waals surface area contributed by atoms with Crippen molar-refractivity contribution in [2.75, 3.05) is 6.61 Å². The molecule has 0 saturated heterocycles. The van der Waals surface area contributed by atoms with Crippen molar-refractivity contribution >= 4 is 0 Å². The molecule has 0 aromatic heterocycles. The Labute approximate surface area is 92.1 Å². The van der Waals surface area contributed by atoms with Crippen LogP contribution in [0, 0.1) is 12.3 Å². The molecule has 1 nitrogen and oxygen atoms in total. The first kappa shape index (κ1) is 10.7. The van der Waals surface area contributed by atoms with Gasteiger partial charge in [0.15, 0.2) is 0 Å². The van der Waals surface area contributed by atoms with Crippen molar-refractivity contribution in [3.05, 3.63) is 35.4 Å². The zero-order chi connectivity index (χ0) is 11.1. The number of hydrogen-bond acceptors (Lipinski definition) is 1. The molecular weight excluding hydrogens is 184 g/mol. The number of aliphatic hydroxyl groups excluding tert-OH is 1. The summed E-state index contributed by atoms with van der Waals surface area (Å²) < 4.78 is 0. The minimum atomic E-state index is 0.0389. The summed E-state index contributed by atoms with van der Waals surface area (Å²) in [5, 5.41) is 9.59. The van der Waals surface area contributed by atoms with E-state index in [9.17, 15) is 5.11 Å². The van der Waals surface area contributed by atoms with Crippen molar-refractivity contribution in [1.29, 1.82) is 0 Å². The zero-order valence-electron chi connectivity index (χ0n) is 9.88. The van der Waals surface area contributed by atoms with Gasteiger partial charge in [0.25, 0.3) is 0 Å². The van der Waals surface area contributed by atoms with Crippen LogP contribution in [0.5, 0.6) is 0 Å². The summed E-state index contributed by atoms with van der Waals surface area (Å²) in [6.45, 7) is 6.92. The molecule has 1 N–H and O–H groups in total. The summed E-state index contributed by atoms with van der Waals surface area (Å²) in [6, 6.07) is 8.61. The maximum absolute atomic E-state index is 9.59. The molecule has 0 radical (unpaired) electrons. The molecule has 1 aliphatic carbocycles. The predicted molar refractivity (Wildman–Crippen MR) is 63.0 cm³/mol. The van der Waals surface area contributed by atoms with E-state index in [1.165, 1.54) is 11.1 Å². The number of rotatable bonds is 2. The molecule has 1 aromatic rings. The summed E-state index contributed by atoms with van der Waals surface area (Å²) >= 11 is 0. The van der Waals surface area contributed by atoms with E-state index < -0.39 is 0 Å². The second-order valence-corrected chi connectivity index (χ2v) is 5.82. The van der Waals surface area contributed by atoms with Crippen LogP contribution >= 0.6 is 0 Å². The SMILES string of the molecule is Cc1ccc(C2(CO)CC(C)(C)C2)cc1. The topological polar surface area (TPSA) is 20.2 Å². The van der Waals surface area contributed by atoms with Crippen LogP contribution in [-0.4, -0.2) is 11.7 Å². The van der Waals surface area contributed by atoms with Crippen molar-refractivity contribution in [1.82, 2.24) is 0 Å². The fourth-order valence-electron chi connectivity index (χ4n) is 3.09. The lowest BCUT2D eigenvalue weighted by molar-refractivity contribution is 0.00953. The van der Waals surface area contributed by atoms with Crippen LogP contribution < -0.4 is 0 Å². The summed E-state index contributed by atoms with van der Waals surface area (Å²) in [7, 11) is 0. The van der Waals surface area contributed by atoms with Gasteiger partial charge in [0.1, 0.15) is 0 Å². The van der Waals surface area contributed by atoms with E-state index in [0.717, 1.165) is 12.8 Å². The molecule has 1 fully saturated rings. The van der Waals surface area contributed by atoms with Gasteiger partial charge < -0.3 is 5.11 Å². The van der Waals surface area contributed by atoms with E-state index in [-0.39, 0.29) is 12.0 Å². The van der Waals surface area contributed by atoms with Gasteiger partial charge >= 0.3 is 0 Å². The zero-order valence-corrected chi connectivity index (χ0v) is 9.88. The van der Waals surface area contributed by atoms with E-state index in [1.54, 1.807) is 0 Å². The molecule has 0 bridgehead atoms. The monoisotopic (exact) mass is 204 g/mol. The Kier molecular flexibility index (Phi) is 2.38. The molecule has 0 heterocycles. The molecule has 0 aliphatic heterocycles. The number of benzene rings is 1. The Morgan fingerprint density at radius 3 is 2.07 bits per heavy atom. The first-order valence-corrected chi connectivity index (χ1v) is 5.66. The Morgan fingerprint density at radius 2 is 1.67 bits per heavy atom. The first-order chi connectivity index (χ1) is 6.97. The highest BCUT2D eigenvalue weighted by Crippen LogP contribution is 2.54. The minimum absolute atomic E-state index is 0.0389. The van der Waals surface area contributed by atoms with Crippen LogP contribution in [0.4, 0.5) is 0 Å².